The van der Waals surface area contributed by atoms with Crippen molar-refractivity contribution < 1.29 is 35.7 Å². The molecular formula is C23H21F5N8O2. The summed E-state index contributed by atoms with van der Waals surface area (Å²) in [5.41, 5.74) is 5.94. The molecule has 2 N–H and O–H groups in total. The first kappa shape index (κ1) is 21.2. The van der Waals surface area contributed by atoms with Gasteiger partial charge in [0.1, 0.15) is 11.5 Å². The monoisotopic (exact) mass is 539 g/mol. The number of amides is 3. The molecule has 1 aliphatic heterocycles. The molecule has 3 aromatic heterocycles. The summed E-state index contributed by atoms with van der Waals surface area (Å²) in [5.74, 6) is -7.12. The molecule has 0 aromatic carbocycles. The Morgan fingerprint density at radius 3 is 2.47 bits per heavy atom. The maximum Gasteiger partial charge on any atom is 0.453 e. The quantitative estimate of drug-likeness (QED) is 0.472. The number of urea groups is 1. The predicted molar refractivity (Wildman–Crippen MR) is 121 cm³/mol. The first-order valence-corrected chi connectivity index (χ1v) is 11.8. The molecular weight excluding hydrogens is 515 g/mol. The molecule has 0 bridgehead atoms. The van der Waals surface area contributed by atoms with Gasteiger partial charge in [0, 0.05) is 35.4 Å². The zero-order valence-corrected chi connectivity index (χ0v) is 19.5. The number of halogens is 5. The van der Waals surface area contributed by atoms with E-state index < -0.39 is 55.6 Å². The number of aryl methyl sites for hydroxylation is 2. The minimum absolute atomic E-state index is 0.0114. The number of carbonyl (C=O) groups is 2. The van der Waals surface area contributed by atoms with E-state index in [2.05, 4.69) is 25.0 Å². The third-order valence-electron chi connectivity index (χ3n) is 7.01. The number of aromatic nitrogens is 6. The molecule has 0 saturated heterocycles. The van der Waals surface area contributed by atoms with Gasteiger partial charge in [-0.25, -0.2) is 29.6 Å². The Kier molecular flexibility index (Phi) is 4.52. The number of anilines is 1. The van der Waals surface area contributed by atoms with E-state index in [1.165, 1.54) is 0 Å². The lowest BCUT2D eigenvalue weighted by molar-refractivity contribution is -0.284. The number of rotatable bonds is 6. The van der Waals surface area contributed by atoms with Crippen molar-refractivity contribution in [1.29, 1.82) is 0 Å². The van der Waals surface area contributed by atoms with Crippen LogP contribution in [0.4, 0.5) is 32.6 Å². The highest BCUT2D eigenvalue weighted by atomic mass is 19.4. The van der Waals surface area contributed by atoms with Crippen molar-refractivity contribution in [2.24, 2.45) is 18.6 Å². The number of hydrogen-bond donors (Lipinski definition) is 1. The van der Waals surface area contributed by atoms with E-state index in [0.717, 1.165) is 36.8 Å². The molecule has 6 rings (SSSR count). The molecule has 200 valence electrons. The van der Waals surface area contributed by atoms with Gasteiger partial charge in [-0.15, -0.1) is 0 Å². The molecule has 0 spiro atoms. The van der Waals surface area contributed by atoms with E-state index in [-0.39, 0.29) is 40.2 Å². The van der Waals surface area contributed by atoms with Gasteiger partial charge in [-0.2, -0.15) is 27.1 Å². The fraction of sp³-hybridized carbons (Fsp3) is 0.522. The molecule has 3 aromatic rings. The molecule has 1 atom stereocenters. The SMILES string of the molecule is [2H]C([2H])([2H])n1ncc2c(-c3nc(C4CC4)c4c(n3)N(C(N)=O)C(=O)C4C3CC3)nc(CCC(F)(F)C(F)(F)F)nc21. The van der Waals surface area contributed by atoms with Crippen molar-refractivity contribution >= 4 is 28.8 Å². The summed E-state index contributed by atoms with van der Waals surface area (Å²) in [5, 5.41) is 3.79. The summed E-state index contributed by atoms with van der Waals surface area (Å²) in [6.45, 7) is -2.88. The first-order chi connectivity index (χ1) is 19.1. The van der Waals surface area contributed by atoms with Crippen LogP contribution in [0.1, 0.15) is 65.1 Å². The van der Waals surface area contributed by atoms with Gasteiger partial charge in [-0.1, -0.05) is 0 Å². The smallest absolute Gasteiger partial charge is 0.351 e. The Hall–Kier alpha value is -3.78. The molecule has 3 amide bonds. The van der Waals surface area contributed by atoms with Gasteiger partial charge >= 0.3 is 18.1 Å². The highest BCUT2D eigenvalue weighted by Gasteiger charge is 2.57. The van der Waals surface area contributed by atoms with Gasteiger partial charge < -0.3 is 5.73 Å². The van der Waals surface area contributed by atoms with Gasteiger partial charge in [-0.05, 0) is 31.6 Å². The van der Waals surface area contributed by atoms with Crippen LogP contribution in [0, 0.1) is 5.92 Å². The number of nitrogens with two attached hydrogens (primary N) is 1. The van der Waals surface area contributed by atoms with Gasteiger partial charge in [0.05, 0.1) is 23.2 Å². The second-order valence-electron chi connectivity index (χ2n) is 9.76. The molecule has 15 heteroatoms. The summed E-state index contributed by atoms with van der Waals surface area (Å²) < 4.78 is 89.6. The van der Waals surface area contributed by atoms with Crippen molar-refractivity contribution in [3.8, 4) is 11.5 Å². The van der Waals surface area contributed by atoms with E-state index in [1.807, 2.05) is 0 Å². The van der Waals surface area contributed by atoms with Crippen LogP contribution in [-0.4, -0.2) is 53.8 Å². The van der Waals surface area contributed by atoms with E-state index in [4.69, 9.17) is 9.85 Å². The van der Waals surface area contributed by atoms with Crippen molar-refractivity contribution in [3.05, 3.63) is 23.3 Å². The summed E-state index contributed by atoms with van der Waals surface area (Å²) >= 11 is 0. The first-order valence-electron chi connectivity index (χ1n) is 13.3. The van der Waals surface area contributed by atoms with Crippen molar-refractivity contribution in [3.63, 3.8) is 0 Å². The summed E-state index contributed by atoms with van der Waals surface area (Å²) in [4.78, 5) is 43.5. The number of fused-ring (bicyclic) bond motifs is 2. The van der Waals surface area contributed by atoms with Crippen LogP contribution < -0.4 is 10.6 Å². The molecule has 2 saturated carbocycles. The van der Waals surface area contributed by atoms with Gasteiger partial charge in [0.25, 0.3) is 0 Å². The number of hydrogen-bond acceptors (Lipinski definition) is 7. The van der Waals surface area contributed by atoms with Crippen LogP contribution in [-0.2, 0) is 18.2 Å². The van der Waals surface area contributed by atoms with Crippen LogP contribution >= 0.6 is 0 Å². The highest BCUT2D eigenvalue weighted by molar-refractivity contribution is 6.20. The van der Waals surface area contributed by atoms with E-state index >= 15 is 0 Å². The van der Waals surface area contributed by atoms with Crippen LogP contribution in [0.25, 0.3) is 22.6 Å². The zero-order chi connectivity index (χ0) is 29.6. The number of nitrogens with zero attached hydrogens (tertiary/aromatic N) is 7. The Labute approximate surface area is 215 Å². The van der Waals surface area contributed by atoms with Crippen LogP contribution in [0.2, 0.25) is 0 Å². The Morgan fingerprint density at radius 2 is 1.87 bits per heavy atom. The molecule has 3 aliphatic rings. The molecule has 10 nitrogen and oxygen atoms in total. The fourth-order valence-corrected chi connectivity index (χ4v) is 4.81. The maximum atomic E-state index is 13.7. The lowest BCUT2D eigenvalue weighted by Gasteiger charge is -2.19. The maximum absolute atomic E-state index is 13.7. The highest BCUT2D eigenvalue weighted by Crippen LogP contribution is 2.54. The van der Waals surface area contributed by atoms with Crippen LogP contribution in [0.3, 0.4) is 0 Å². The summed E-state index contributed by atoms with van der Waals surface area (Å²) in [7, 11) is 0. The number of alkyl halides is 5. The number of carbonyl (C=O) groups excluding carboxylic acids is 2. The van der Waals surface area contributed by atoms with E-state index in [9.17, 15) is 31.5 Å². The fourth-order valence-electron chi connectivity index (χ4n) is 4.81. The standard InChI is InChI=1S/C23H21F5N8O2/c1-35-18-11(8-30-35)16(31-12(32-18)6-7-22(24,25)23(26,27)28)17-33-15(10-4-5-10)14-13(9-2-3-9)20(37)36(21(29)38)19(14)34-17/h8-10,13H,2-7H2,1H3,(H2,29,38)/i1D3. The normalized spacial score (nSPS) is 21.4. The second kappa shape index (κ2) is 8.11. The third-order valence-corrected chi connectivity index (χ3v) is 7.01. The van der Waals surface area contributed by atoms with E-state index in [1.54, 1.807) is 0 Å². The molecule has 2 fully saturated rings. The average molecular weight is 539 g/mol. The van der Waals surface area contributed by atoms with Gasteiger partial charge in [-0.3, -0.25) is 9.48 Å². The lowest BCUT2D eigenvalue weighted by Crippen LogP contribution is -2.39. The van der Waals surface area contributed by atoms with Gasteiger partial charge in [0.15, 0.2) is 17.3 Å². The van der Waals surface area contributed by atoms with Crippen LogP contribution in [0.15, 0.2) is 6.20 Å². The summed E-state index contributed by atoms with van der Waals surface area (Å²) in [6.07, 6.45) is -4.40. The third kappa shape index (κ3) is 3.86. The Morgan fingerprint density at radius 1 is 1.13 bits per heavy atom. The van der Waals surface area contributed by atoms with Crippen LogP contribution in [0.5, 0.6) is 0 Å². The predicted octanol–water partition coefficient (Wildman–Crippen LogP) is 3.75. The molecule has 2 aliphatic carbocycles. The summed E-state index contributed by atoms with van der Waals surface area (Å²) in [6, 6.07) is -1.07. The second-order valence-corrected chi connectivity index (χ2v) is 9.76. The molecule has 4 heterocycles. The van der Waals surface area contributed by atoms with Gasteiger partial charge in [0.2, 0.25) is 5.91 Å². The largest absolute Gasteiger partial charge is 0.453 e. The Balaban J connectivity index is 1.54. The molecule has 0 radical (unpaired) electrons. The Bertz CT molecular complexity index is 1600. The van der Waals surface area contributed by atoms with E-state index in [0.29, 0.717) is 15.9 Å². The lowest BCUT2D eigenvalue weighted by atomic mass is 9.93. The van der Waals surface area contributed by atoms with Crippen molar-refractivity contribution in [1.82, 2.24) is 29.7 Å². The topological polar surface area (TPSA) is 133 Å². The zero-order valence-electron chi connectivity index (χ0n) is 22.5. The number of imide groups is 1. The molecule has 1 unspecified atom stereocenters. The van der Waals surface area contributed by atoms with Crippen molar-refractivity contribution in [2.75, 3.05) is 4.90 Å². The minimum atomic E-state index is -5.81. The molecule has 38 heavy (non-hydrogen) atoms. The minimum Gasteiger partial charge on any atom is -0.351 e. The number of primary amides is 1. The average Bonchev–Trinajstić information content (AvgIpc) is 3.79. The van der Waals surface area contributed by atoms with Crippen molar-refractivity contribution in [2.45, 2.75) is 62.5 Å².